The Hall–Kier alpha value is -2.01. The molecule has 2 N–H and O–H groups in total. The third-order valence-electron chi connectivity index (χ3n) is 3.24. The summed E-state index contributed by atoms with van der Waals surface area (Å²) in [5.74, 6) is -0.251. The van der Waals surface area contributed by atoms with Crippen molar-refractivity contribution in [3.8, 4) is 5.75 Å². The van der Waals surface area contributed by atoms with Gasteiger partial charge in [-0.15, -0.1) is 13.2 Å². The van der Waals surface area contributed by atoms with Crippen LogP contribution < -0.4 is 10.5 Å². The minimum atomic E-state index is -4.68. The van der Waals surface area contributed by atoms with Crippen molar-refractivity contribution in [2.24, 2.45) is 5.73 Å². The van der Waals surface area contributed by atoms with Crippen LogP contribution in [-0.2, 0) is 0 Å². The zero-order valence-electron chi connectivity index (χ0n) is 11.7. The number of nitrogens with two attached hydrogens (primary N) is 1. The zero-order chi connectivity index (χ0) is 15.6. The standard InChI is InChI=1S/C16H16F3NO/c1-10-3-4-11(2)14(9-10)15(20)12-5-7-13(8-6-12)21-16(17,18)19/h3-9,15H,20H2,1-2H3/t15-/m0/s1. The fourth-order valence-corrected chi connectivity index (χ4v) is 2.15. The van der Waals surface area contributed by atoms with Crippen LogP contribution >= 0.6 is 0 Å². The van der Waals surface area contributed by atoms with Gasteiger partial charge in [0.25, 0.3) is 0 Å². The van der Waals surface area contributed by atoms with Gasteiger partial charge in [-0.2, -0.15) is 0 Å². The van der Waals surface area contributed by atoms with E-state index in [1.807, 2.05) is 32.0 Å². The highest BCUT2D eigenvalue weighted by Crippen LogP contribution is 2.27. The van der Waals surface area contributed by atoms with Gasteiger partial charge < -0.3 is 10.5 Å². The van der Waals surface area contributed by atoms with Crippen molar-refractivity contribution >= 4 is 0 Å². The Morgan fingerprint density at radius 2 is 1.62 bits per heavy atom. The summed E-state index contributed by atoms with van der Waals surface area (Å²) in [7, 11) is 0. The predicted octanol–water partition coefficient (Wildman–Crippen LogP) is 4.25. The van der Waals surface area contributed by atoms with Gasteiger partial charge in [0, 0.05) is 0 Å². The van der Waals surface area contributed by atoms with E-state index in [-0.39, 0.29) is 11.8 Å². The first-order valence-electron chi connectivity index (χ1n) is 6.45. The Morgan fingerprint density at radius 1 is 1.00 bits per heavy atom. The number of alkyl halides is 3. The van der Waals surface area contributed by atoms with Crippen molar-refractivity contribution < 1.29 is 17.9 Å². The highest BCUT2D eigenvalue weighted by molar-refractivity contribution is 5.40. The molecule has 0 heterocycles. The number of rotatable bonds is 3. The lowest BCUT2D eigenvalue weighted by atomic mass is 9.94. The molecule has 0 saturated carbocycles. The molecule has 0 aliphatic carbocycles. The number of ether oxygens (including phenoxy) is 1. The van der Waals surface area contributed by atoms with Gasteiger partial charge in [0.1, 0.15) is 5.75 Å². The molecule has 0 unspecified atom stereocenters. The van der Waals surface area contributed by atoms with Crippen LogP contribution in [0.15, 0.2) is 42.5 Å². The molecular formula is C16H16F3NO. The second-order valence-electron chi connectivity index (χ2n) is 4.95. The molecule has 0 fully saturated rings. The predicted molar refractivity (Wildman–Crippen MR) is 75.1 cm³/mol. The van der Waals surface area contributed by atoms with Gasteiger partial charge in [-0.3, -0.25) is 0 Å². The number of halogens is 3. The third-order valence-corrected chi connectivity index (χ3v) is 3.24. The average Bonchev–Trinajstić information content (AvgIpc) is 2.40. The number of benzene rings is 2. The average molecular weight is 295 g/mol. The monoisotopic (exact) mass is 295 g/mol. The minimum absolute atomic E-state index is 0.251. The van der Waals surface area contributed by atoms with Gasteiger partial charge in [-0.05, 0) is 42.7 Å². The summed E-state index contributed by atoms with van der Waals surface area (Å²) in [6.07, 6.45) is -4.68. The van der Waals surface area contributed by atoms with E-state index >= 15 is 0 Å². The van der Waals surface area contributed by atoms with E-state index in [4.69, 9.17) is 5.73 Å². The van der Waals surface area contributed by atoms with Crippen LogP contribution in [0.1, 0.15) is 28.3 Å². The maximum absolute atomic E-state index is 12.1. The molecule has 1 atom stereocenters. The molecule has 2 rings (SSSR count). The topological polar surface area (TPSA) is 35.2 Å². The summed E-state index contributed by atoms with van der Waals surface area (Å²) in [5.41, 5.74) is 10.0. The van der Waals surface area contributed by atoms with E-state index in [0.717, 1.165) is 22.3 Å². The quantitative estimate of drug-likeness (QED) is 0.918. The van der Waals surface area contributed by atoms with E-state index in [1.165, 1.54) is 12.1 Å². The van der Waals surface area contributed by atoms with E-state index in [2.05, 4.69) is 4.74 Å². The molecule has 0 aliphatic heterocycles. The van der Waals surface area contributed by atoms with Crippen molar-refractivity contribution in [3.05, 3.63) is 64.7 Å². The largest absolute Gasteiger partial charge is 0.573 e. The maximum Gasteiger partial charge on any atom is 0.573 e. The second-order valence-corrected chi connectivity index (χ2v) is 4.95. The Morgan fingerprint density at radius 3 is 2.19 bits per heavy atom. The highest BCUT2D eigenvalue weighted by atomic mass is 19.4. The van der Waals surface area contributed by atoms with Gasteiger partial charge in [0.15, 0.2) is 0 Å². The molecule has 0 radical (unpaired) electrons. The molecule has 2 nitrogen and oxygen atoms in total. The normalized spacial score (nSPS) is 13.0. The van der Waals surface area contributed by atoms with Gasteiger partial charge in [0.2, 0.25) is 0 Å². The first-order valence-corrected chi connectivity index (χ1v) is 6.45. The van der Waals surface area contributed by atoms with Crippen LogP contribution in [0.3, 0.4) is 0 Å². The van der Waals surface area contributed by atoms with Gasteiger partial charge in [-0.25, -0.2) is 0 Å². The second kappa shape index (κ2) is 5.77. The van der Waals surface area contributed by atoms with Crippen LogP contribution in [0, 0.1) is 13.8 Å². The summed E-state index contributed by atoms with van der Waals surface area (Å²) in [6, 6.07) is 11.2. The number of aryl methyl sites for hydroxylation is 2. The molecule has 0 bridgehead atoms. The Balaban J connectivity index is 2.24. The van der Waals surface area contributed by atoms with Crippen molar-refractivity contribution in [1.82, 2.24) is 0 Å². The van der Waals surface area contributed by atoms with Crippen molar-refractivity contribution in [2.75, 3.05) is 0 Å². The minimum Gasteiger partial charge on any atom is -0.406 e. The lowest BCUT2D eigenvalue weighted by molar-refractivity contribution is -0.274. The zero-order valence-corrected chi connectivity index (χ0v) is 11.7. The molecule has 0 aromatic heterocycles. The lowest BCUT2D eigenvalue weighted by Crippen LogP contribution is -2.17. The molecule has 2 aromatic carbocycles. The molecule has 0 spiro atoms. The first-order chi connectivity index (χ1) is 9.76. The molecule has 112 valence electrons. The summed E-state index contributed by atoms with van der Waals surface area (Å²) < 4.78 is 40.2. The molecule has 0 amide bonds. The van der Waals surface area contributed by atoms with Gasteiger partial charge in [-0.1, -0.05) is 35.9 Å². The molecule has 5 heteroatoms. The third kappa shape index (κ3) is 3.98. The number of hydrogen-bond donors (Lipinski definition) is 1. The van der Waals surface area contributed by atoms with Crippen molar-refractivity contribution in [2.45, 2.75) is 26.3 Å². The first kappa shape index (κ1) is 15.4. The van der Waals surface area contributed by atoms with E-state index in [9.17, 15) is 13.2 Å². The summed E-state index contributed by atoms with van der Waals surface area (Å²) in [6.45, 7) is 3.92. The van der Waals surface area contributed by atoms with Crippen LogP contribution in [-0.4, -0.2) is 6.36 Å². The lowest BCUT2D eigenvalue weighted by Gasteiger charge is -2.17. The van der Waals surface area contributed by atoms with Crippen LogP contribution in [0.4, 0.5) is 13.2 Å². The smallest absolute Gasteiger partial charge is 0.406 e. The molecule has 2 aromatic rings. The van der Waals surface area contributed by atoms with Crippen LogP contribution in [0.5, 0.6) is 5.75 Å². The number of hydrogen-bond acceptors (Lipinski definition) is 2. The Bertz CT molecular complexity index is 620. The van der Waals surface area contributed by atoms with E-state index in [1.54, 1.807) is 12.1 Å². The van der Waals surface area contributed by atoms with Crippen molar-refractivity contribution in [3.63, 3.8) is 0 Å². The van der Waals surface area contributed by atoms with Gasteiger partial charge >= 0.3 is 6.36 Å². The summed E-state index contributed by atoms with van der Waals surface area (Å²) in [5, 5.41) is 0. The molecular weight excluding hydrogens is 279 g/mol. The fourth-order valence-electron chi connectivity index (χ4n) is 2.15. The van der Waals surface area contributed by atoms with Crippen molar-refractivity contribution in [1.29, 1.82) is 0 Å². The van der Waals surface area contributed by atoms with Crippen LogP contribution in [0.25, 0.3) is 0 Å². The Kier molecular flexibility index (Phi) is 4.23. The molecule has 0 aliphatic rings. The highest BCUT2D eigenvalue weighted by Gasteiger charge is 2.31. The maximum atomic E-state index is 12.1. The summed E-state index contributed by atoms with van der Waals surface area (Å²) in [4.78, 5) is 0. The molecule has 0 saturated heterocycles. The Labute approximate surface area is 121 Å². The SMILES string of the molecule is Cc1ccc(C)c([C@@H](N)c2ccc(OC(F)(F)F)cc2)c1. The van der Waals surface area contributed by atoms with Crippen LogP contribution in [0.2, 0.25) is 0 Å². The van der Waals surface area contributed by atoms with E-state index in [0.29, 0.717) is 0 Å². The van der Waals surface area contributed by atoms with E-state index < -0.39 is 6.36 Å². The van der Waals surface area contributed by atoms with Gasteiger partial charge in [0.05, 0.1) is 6.04 Å². The summed E-state index contributed by atoms with van der Waals surface area (Å²) >= 11 is 0. The molecule has 21 heavy (non-hydrogen) atoms. The fraction of sp³-hybridized carbons (Fsp3) is 0.250.